The molecule has 2 atom stereocenters. The number of halogens is 3. The van der Waals surface area contributed by atoms with Crippen molar-refractivity contribution in [3.8, 4) is 0 Å². The Hall–Kier alpha value is -2.23. The topological polar surface area (TPSA) is 122 Å². The Morgan fingerprint density at radius 2 is 1.32 bits per heavy atom. The van der Waals surface area contributed by atoms with Gasteiger partial charge in [0.25, 0.3) is 0 Å². The van der Waals surface area contributed by atoms with E-state index < -0.39 is 48.7 Å². The summed E-state index contributed by atoms with van der Waals surface area (Å²) in [6.45, 7) is -5.80. The van der Waals surface area contributed by atoms with Gasteiger partial charge in [-0.1, -0.05) is 24.3 Å². The smallest absolute Gasteiger partial charge is 0.323 e. The standard InChI is InChI=1S/C26H35Cl3N4O4/c27-9-12-32(13-10-28)21-5-3-20(4-6-21)18-24(31)26(36)37-16-15-33(14-11-29)22-7-1-19(2-8-22)17-23(30)25(34)35/h1-8,23-24H,9-18,30-31H2,(H,34,35)/t23-,24-/m0/s1/i9D2,10D2,12D2,13D2. The summed E-state index contributed by atoms with van der Waals surface area (Å²) in [6.07, 6.45) is 0.151. The zero-order chi connectivity index (χ0) is 34.4. The van der Waals surface area contributed by atoms with Gasteiger partial charge in [0.1, 0.15) is 18.7 Å². The lowest BCUT2D eigenvalue weighted by Crippen LogP contribution is -2.37. The van der Waals surface area contributed by atoms with Crippen LogP contribution in [-0.2, 0) is 27.2 Å². The van der Waals surface area contributed by atoms with E-state index in [2.05, 4.69) is 0 Å². The second-order valence-electron chi connectivity index (χ2n) is 7.88. The number of benzene rings is 2. The third-order valence-corrected chi connectivity index (χ3v) is 5.63. The van der Waals surface area contributed by atoms with Crippen LogP contribution >= 0.6 is 34.8 Å². The summed E-state index contributed by atoms with van der Waals surface area (Å²) in [4.78, 5) is 25.7. The Balaban J connectivity index is 2.07. The number of ether oxygens (including phenoxy) is 1. The van der Waals surface area contributed by atoms with Crippen molar-refractivity contribution < 1.29 is 30.4 Å². The lowest BCUT2D eigenvalue weighted by Gasteiger charge is -2.24. The van der Waals surface area contributed by atoms with E-state index in [-0.39, 0.29) is 36.6 Å². The summed E-state index contributed by atoms with van der Waals surface area (Å²) in [5.74, 6) is -7.80. The number of esters is 1. The molecule has 0 saturated carbocycles. The first kappa shape index (κ1) is 20.7. The Labute approximate surface area is 244 Å². The molecule has 0 aliphatic heterocycles. The third kappa shape index (κ3) is 10.6. The predicted molar refractivity (Wildman–Crippen MR) is 151 cm³/mol. The van der Waals surface area contributed by atoms with Crippen LogP contribution in [0.2, 0.25) is 0 Å². The second-order valence-corrected chi connectivity index (χ2v) is 8.64. The molecule has 0 unspecified atom stereocenters. The average molecular weight is 582 g/mol. The van der Waals surface area contributed by atoms with Crippen molar-refractivity contribution in [3.05, 3.63) is 59.7 Å². The Morgan fingerprint density at radius 3 is 1.78 bits per heavy atom. The maximum absolute atomic E-state index is 12.6. The number of hydrogen-bond donors (Lipinski definition) is 3. The fraction of sp³-hybridized carbons (Fsp3) is 0.462. The minimum Gasteiger partial charge on any atom is -0.480 e. The lowest BCUT2D eigenvalue weighted by molar-refractivity contribution is -0.145. The molecule has 8 nitrogen and oxygen atoms in total. The molecule has 11 heteroatoms. The highest BCUT2D eigenvalue weighted by molar-refractivity contribution is 6.18. The van der Waals surface area contributed by atoms with Gasteiger partial charge >= 0.3 is 11.9 Å². The van der Waals surface area contributed by atoms with Crippen molar-refractivity contribution in [1.29, 1.82) is 0 Å². The minimum atomic E-state index is -3.25. The van der Waals surface area contributed by atoms with Crippen LogP contribution in [0.3, 0.4) is 0 Å². The molecule has 0 bridgehead atoms. The number of aliphatic carboxylic acids is 1. The molecule has 0 aliphatic carbocycles. The molecule has 0 aliphatic rings. The van der Waals surface area contributed by atoms with E-state index >= 15 is 0 Å². The van der Waals surface area contributed by atoms with Gasteiger partial charge in [-0.25, -0.2) is 0 Å². The number of rotatable bonds is 17. The molecule has 0 spiro atoms. The zero-order valence-electron chi connectivity index (χ0n) is 27.9. The van der Waals surface area contributed by atoms with Crippen molar-refractivity contribution in [3.63, 3.8) is 0 Å². The SMILES string of the molecule is [2H]C([2H])(Cl)C([2H])([2H])N(c1ccc(C[C@H](N)C(=O)OCCN(CCCl)c2ccc(C[C@H](N)C(=O)O)cc2)cc1)C([2H])([2H])C([2H])([2H])Cl. The largest absolute Gasteiger partial charge is 0.480 e. The van der Waals surface area contributed by atoms with Crippen LogP contribution in [0.15, 0.2) is 48.5 Å². The first-order valence-electron chi connectivity index (χ1n) is 15.2. The summed E-state index contributed by atoms with van der Waals surface area (Å²) in [7, 11) is 0. The number of anilines is 2. The summed E-state index contributed by atoms with van der Waals surface area (Å²) >= 11 is 17.1. The van der Waals surface area contributed by atoms with Gasteiger partial charge in [-0.05, 0) is 48.2 Å². The minimum absolute atomic E-state index is 0.0170. The fourth-order valence-electron chi connectivity index (χ4n) is 3.38. The summed E-state index contributed by atoms with van der Waals surface area (Å²) in [6, 6.07) is 10.2. The van der Waals surface area contributed by atoms with Crippen molar-refractivity contribution in [2.45, 2.75) is 24.9 Å². The van der Waals surface area contributed by atoms with E-state index in [1.807, 2.05) is 4.90 Å². The first-order chi connectivity index (χ1) is 20.6. The van der Waals surface area contributed by atoms with Crippen LogP contribution in [0.5, 0.6) is 0 Å². The van der Waals surface area contributed by atoms with E-state index in [4.69, 9.17) is 67.1 Å². The highest BCUT2D eigenvalue weighted by Gasteiger charge is 2.17. The number of carbonyl (C=O) groups excluding carboxylic acids is 1. The zero-order valence-corrected chi connectivity index (χ0v) is 22.1. The van der Waals surface area contributed by atoms with Crippen LogP contribution in [0, 0.1) is 0 Å². The number of carbonyl (C=O) groups is 2. The number of nitrogens with zero attached hydrogens (tertiary/aromatic N) is 2. The van der Waals surface area contributed by atoms with E-state index in [1.54, 1.807) is 24.3 Å². The Morgan fingerprint density at radius 1 is 0.838 bits per heavy atom. The molecule has 2 aromatic carbocycles. The van der Waals surface area contributed by atoms with Gasteiger partial charge < -0.3 is 31.1 Å². The molecule has 0 heterocycles. The highest BCUT2D eigenvalue weighted by atomic mass is 35.5. The highest BCUT2D eigenvalue weighted by Crippen LogP contribution is 2.18. The van der Waals surface area contributed by atoms with E-state index in [1.165, 1.54) is 24.3 Å². The van der Waals surface area contributed by atoms with E-state index in [0.717, 1.165) is 11.3 Å². The lowest BCUT2D eigenvalue weighted by atomic mass is 10.1. The van der Waals surface area contributed by atoms with Crippen molar-refractivity contribution in [1.82, 2.24) is 0 Å². The van der Waals surface area contributed by atoms with Crippen LogP contribution in [0.25, 0.3) is 0 Å². The van der Waals surface area contributed by atoms with Gasteiger partial charge in [0, 0.05) is 53.9 Å². The van der Waals surface area contributed by atoms with E-state index in [0.29, 0.717) is 18.0 Å². The number of carboxylic acids is 1. The maximum atomic E-state index is 12.6. The van der Waals surface area contributed by atoms with Gasteiger partial charge in [0.15, 0.2) is 0 Å². The number of alkyl halides is 3. The number of hydrogen-bond acceptors (Lipinski definition) is 7. The number of carboxylic acid groups (broad SMARTS) is 1. The first-order valence-corrected chi connectivity index (χ1v) is 12.5. The Kier molecular flexibility index (Phi) is 9.27. The van der Waals surface area contributed by atoms with Crippen LogP contribution in [-0.4, -0.2) is 79.4 Å². The number of nitrogens with two attached hydrogens (primary N) is 2. The van der Waals surface area contributed by atoms with Crippen LogP contribution in [0.1, 0.15) is 22.1 Å². The van der Waals surface area contributed by atoms with E-state index in [9.17, 15) is 9.59 Å². The molecular weight excluding hydrogens is 539 g/mol. The summed E-state index contributed by atoms with van der Waals surface area (Å²) < 4.78 is 68.6. The van der Waals surface area contributed by atoms with Crippen molar-refractivity contribution >= 4 is 58.1 Å². The van der Waals surface area contributed by atoms with Crippen molar-refractivity contribution in [2.75, 3.05) is 60.0 Å². The monoisotopic (exact) mass is 580 g/mol. The summed E-state index contributed by atoms with van der Waals surface area (Å²) in [5.41, 5.74) is 13.4. The van der Waals surface area contributed by atoms with Crippen molar-refractivity contribution in [2.24, 2.45) is 11.5 Å². The van der Waals surface area contributed by atoms with Gasteiger partial charge in [-0.2, -0.15) is 0 Å². The van der Waals surface area contributed by atoms with Gasteiger partial charge in [0.2, 0.25) is 0 Å². The normalized spacial score (nSPS) is 17.3. The maximum Gasteiger partial charge on any atom is 0.323 e. The average Bonchev–Trinajstić information content (AvgIpc) is 2.92. The molecule has 0 saturated heterocycles. The molecule has 2 aromatic rings. The quantitative estimate of drug-likeness (QED) is 0.192. The molecule has 5 N–H and O–H groups in total. The molecule has 0 amide bonds. The van der Waals surface area contributed by atoms with Crippen LogP contribution in [0.4, 0.5) is 11.4 Å². The Bertz CT molecular complexity index is 1260. The molecule has 2 rings (SSSR count). The second kappa shape index (κ2) is 16.6. The van der Waals surface area contributed by atoms with Crippen LogP contribution < -0.4 is 21.3 Å². The van der Waals surface area contributed by atoms with Gasteiger partial charge in [-0.3, -0.25) is 9.59 Å². The molecule has 37 heavy (non-hydrogen) atoms. The predicted octanol–water partition coefficient (Wildman–Crippen LogP) is 3.08. The molecule has 0 fully saturated rings. The summed E-state index contributed by atoms with van der Waals surface area (Å²) in [5, 5.41) is 9.00. The molecule has 204 valence electrons. The molecule has 0 radical (unpaired) electrons. The fourth-order valence-corrected chi connectivity index (χ4v) is 3.75. The molecule has 0 aromatic heterocycles. The molecular formula is C26H35Cl3N4O4. The van der Waals surface area contributed by atoms with Gasteiger partial charge in [0.05, 0.1) is 12.0 Å². The third-order valence-electron chi connectivity index (χ3n) is 5.30. The van der Waals surface area contributed by atoms with Gasteiger partial charge in [-0.15, -0.1) is 34.8 Å².